The molecule has 2 heterocycles. The molecule has 0 fully saturated rings. The van der Waals surface area contributed by atoms with Gasteiger partial charge in [0.15, 0.2) is 11.7 Å². The molecular weight excluding hydrogens is 422 g/mol. The number of hydrogen-bond acceptors (Lipinski definition) is 6. The molecular formula is C18H14ClN3O4S2. The fourth-order valence-electron chi connectivity index (χ4n) is 2.66. The van der Waals surface area contributed by atoms with Gasteiger partial charge in [0, 0.05) is 16.0 Å². The minimum absolute atomic E-state index is 0.0113. The Balaban J connectivity index is 1.50. The molecule has 0 aliphatic carbocycles. The number of ether oxygens (including phenoxy) is 1. The zero-order valence-electron chi connectivity index (χ0n) is 14.3. The van der Waals surface area contributed by atoms with E-state index in [0.717, 1.165) is 5.56 Å². The first-order chi connectivity index (χ1) is 13.4. The summed E-state index contributed by atoms with van der Waals surface area (Å²) in [4.78, 5) is 15.8. The second-order valence-electron chi connectivity index (χ2n) is 6.07. The highest BCUT2D eigenvalue weighted by Gasteiger charge is 2.18. The monoisotopic (exact) mass is 435 g/mol. The SMILES string of the molecule is O=C1COc2ccc(-c3csc(NS(=O)(=O)Cc4ccc(Cl)cc4)n3)cc2N1. The Hall–Kier alpha value is -2.62. The summed E-state index contributed by atoms with van der Waals surface area (Å²) in [7, 11) is -3.61. The average molecular weight is 436 g/mol. The van der Waals surface area contributed by atoms with Crippen LogP contribution in [0.25, 0.3) is 11.3 Å². The third kappa shape index (κ3) is 4.27. The molecule has 3 aromatic rings. The second kappa shape index (κ2) is 7.42. The molecule has 0 unspecified atom stereocenters. The average Bonchev–Trinajstić information content (AvgIpc) is 3.10. The van der Waals surface area contributed by atoms with E-state index in [-0.39, 0.29) is 23.4 Å². The van der Waals surface area contributed by atoms with E-state index in [9.17, 15) is 13.2 Å². The van der Waals surface area contributed by atoms with Crippen LogP contribution in [0.5, 0.6) is 5.75 Å². The Bertz CT molecular complexity index is 1140. The van der Waals surface area contributed by atoms with E-state index in [2.05, 4.69) is 15.0 Å². The van der Waals surface area contributed by atoms with Gasteiger partial charge in [0.2, 0.25) is 10.0 Å². The predicted molar refractivity (Wildman–Crippen MR) is 109 cm³/mol. The van der Waals surface area contributed by atoms with Gasteiger partial charge < -0.3 is 10.1 Å². The highest BCUT2D eigenvalue weighted by Crippen LogP contribution is 2.34. The number of carbonyl (C=O) groups is 1. The lowest BCUT2D eigenvalue weighted by Gasteiger charge is -2.18. The van der Waals surface area contributed by atoms with Gasteiger partial charge in [0.1, 0.15) is 5.75 Å². The maximum Gasteiger partial charge on any atom is 0.262 e. The number of carbonyl (C=O) groups excluding carboxylic acids is 1. The van der Waals surface area contributed by atoms with Crippen LogP contribution >= 0.6 is 22.9 Å². The maximum atomic E-state index is 12.4. The molecule has 0 atom stereocenters. The number of sulfonamides is 1. The lowest BCUT2D eigenvalue weighted by Crippen LogP contribution is -2.25. The van der Waals surface area contributed by atoms with E-state index in [1.165, 1.54) is 11.3 Å². The summed E-state index contributed by atoms with van der Waals surface area (Å²) in [5.74, 6) is 0.183. The third-order valence-electron chi connectivity index (χ3n) is 3.93. The largest absolute Gasteiger partial charge is 0.482 e. The first kappa shape index (κ1) is 18.7. The highest BCUT2D eigenvalue weighted by molar-refractivity contribution is 7.92. The predicted octanol–water partition coefficient (Wildman–Crippen LogP) is 3.74. The van der Waals surface area contributed by atoms with Crippen molar-refractivity contribution in [1.29, 1.82) is 0 Å². The van der Waals surface area contributed by atoms with Gasteiger partial charge in [-0.05, 0) is 35.9 Å². The summed E-state index contributed by atoms with van der Waals surface area (Å²) in [6.45, 7) is -0.0113. The number of halogens is 1. The zero-order valence-corrected chi connectivity index (χ0v) is 16.7. The van der Waals surface area contributed by atoms with E-state index in [0.29, 0.717) is 27.7 Å². The van der Waals surface area contributed by atoms with E-state index in [1.807, 2.05) is 0 Å². The first-order valence-electron chi connectivity index (χ1n) is 8.15. The first-order valence-corrected chi connectivity index (χ1v) is 11.1. The van der Waals surface area contributed by atoms with Gasteiger partial charge in [0.25, 0.3) is 5.91 Å². The standard InChI is InChI=1S/C18H14ClN3O4S2/c19-13-4-1-11(2-5-13)10-28(24,25)22-18-21-15(9-27-18)12-3-6-16-14(7-12)20-17(23)8-26-16/h1-7,9H,8,10H2,(H,20,23)(H,21,22). The highest BCUT2D eigenvalue weighted by atomic mass is 35.5. The topological polar surface area (TPSA) is 97.4 Å². The summed E-state index contributed by atoms with van der Waals surface area (Å²) in [5, 5.41) is 5.29. The van der Waals surface area contributed by atoms with Crippen molar-refractivity contribution in [2.75, 3.05) is 16.6 Å². The number of thiazole rings is 1. The molecule has 1 amide bonds. The van der Waals surface area contributed by atoms with E-state index < -0.39 is 10.0 Å². The van der Waals surface area contributed by atoms with Crippen molar-refractivity contribution in [3.63, 3.8) is 0 Å². The van der Waals surface area contributed by atoms with Crippen LogP contribution in [0, 0.1) is 0 Å². The van der Waals surface area contributed by atoms with Crippen LogP contribution in [-0.4, -0.2) is 25.9 Å². The molecule has 2 N–H and O–H groups in total. The molecule has 1 aliphatic rings. The Morgan fingerprint density at radius 2 is 2.00 bits per heavy atom. The minimum Gasteiger partial charge on any atom is -0.482 e. The van der Waals surface area contributed by atoms with Crippen molar-refractivity contribution in [3.8, 4) is 17.0 Å². The number of benzene rings is 2. The van der Waals surface area contributed by atoms with E-state index in [4.69, 9.17) is 16.3 Å². The zero-order chi connectivity index (χ0) is 19.7. The number of aromatic nitrogens is 1. The van der Waals surface area contributed by atoms with E-state index in [1.54, 1.807) is 47.8 Å². The number of hydrogen-bond donors (Lipinski definition) is 2. The number of anilines is 2. The molecule has 0 radical (unpaired) electrons. The molecule has 0 saturated carbocycles. The van der Waals surface area contributed by atoms with Crippen LogP contribution in [0.2, 0.25) is 5.02 Å². The Morgan fingerprint density at radius 1 is 1.21 bits per heavy atom. The van der Waals surface area contributed by atoms with Gasteiger partial charge in [-0.25, -0.2) is 13.4 Å². The molecule has 0 spiro atoms. The van der Waals surface area contributed by atoms with Crippen molar-refractivity contribution in [2.24, 2.45) is 0 Å². The van der Waals surface area contributed by atoms with Gasteiger partial charge in [-0.2, -0.15) is 0 Å². The number of rotatable bonds is 5. The van der Waals surface area contributed by atoms with Crippen LogP contribution in [-0.2, 0) is 20.6 Å². The van der Waals surface area contributed by atoms with Gasteiger partial charge in [-0.15, -0.1) is 11.3 Å². The number of nitrogens with zero attached hydrogens (tertiary/aromatic N) is 1. The van der Waals surface area contributed by atoms with Gasteiger partial charge >= 0.3 is 0 Å². The van der Waals surface area contributed by atoms with Crippen molar-refractivity contribution in [1.82, 2.24) is 4.98 Å². The molecule has 4 rings (SSSR count). The second-order valence-corrected chi connectivity index (χ2v) is 9.09. The van der Waals surface area contributed by atoms with Crippen molar-refractivity contribution in [3.05, 3.63) is 58.4 Å². The van der Waals surface area contributed by atoms with Crippen molar-refractivity contribution >= 4 is 49.7 Å². The molecule has 144 valence electrons. The molecule has 0 bridgehead atoms. The van der Waals surface area contributed by atoms with Crippen LogP contribution in [0.15, 0.2) is 47.8 Å². The molecule has 1 aromatic heterocycles. The fourth-order valence-corrected chi connectivity index (χ4v) is 4.94. The Kier molecular flexibility index (Phi) is 4.96. The lowest BCUT2D eigenvalue weighted by atomic mass is 10.1. The molecule has 28 heavy (non-hydrogen) atoms. The summed E-state index contributed by atoms with van der Waals surface area (Å²) < 4.78 is 32.6. The molecule has 2 aromatic carbocycles. The molecule has 10 heteroatoms. The van der Waals surface area contributed by atoms with Crippen LogP contribution in [0.1, 0.15) is 5.56 Å². The van der Waals surface area contributed by atoms with Crippen LogP contribution in [0.4, 0.5) is 10.8 Å². The number of fused-ring (bicyclic) bond motifs is 1. The normalized spacial score (nSPS) is 13.4. The van der Waals surface area contributed by atoms with Crippen LogP contribution < -0.4 is 14.8 Å². The summed E-state index contributed by atoms with van der Waals surface area (Å²) in [6.07, 6.45) is 0. The Morgan fingerprint density at radius 3 is 2.79 bits per heavy atom. The minimum atomic E-state index is -3.61. The summed E-state index contributed by atoms with van der Waals surface area (Å²) in [5.41, 5.74) is 2.52. The molecule has 7 nitrogen and oxygen atoms in total. The van der Waals surface area contributed by atoms with E-state index >= 15 is 0 Å². The van der Waals surface area contributed by atoms with Gasteiger partial charge in [-0.3, -0.25) is 9.52 Å². The summed E-state index contributed by atoms with van der Waals surface area (Å²) >= 11 is 7.00. The quantitative estimate of drug-likeness (QED) is 0.636. The van der Waals surface area contributed by atoms with Crippen molar-refractivity contribution < 1.29 is 17.9 Å². The maximum absolute atomic E-state index is 12.4. The number of amides is 1. The molecule has 1 aliphatic heterocycles. The number of nitrogens with one attached hydrogen (secondary N) is 2. The molecule has 0 saturated heterocycles. The lowest BCUT2D eigenvalue weighted by molar-refractivity contribution is -0.118. The van der Waals surface area contributed by atoms with Crippen molar-refractivity contribution in [2.45, 2.75) is 5.75 Å². The smallest absolute Gasteiger partial charge is 0.262 e. The Labute approximate surface area is 170 Å². The van der Waals surface area contributed by atoms with Gasteiger partial charge in [0.05, 0.1) is 17.1 Å². The fraction of sp³-hybridized carbons (Fsp3) is 0.111. The van der Waals surface area contributed by atoms with Crippen LogP contribution in [0.3, 0.4) is 0 Å². The van der Waals surface area contributed by atoms with Gasteiger partial charge in [-0.1, -0.05) is 23.7 Å². The third-order valence-corrected chi connectivity index (χ3v) is 6.28. The summed E-state index contributed by atoms with van der Waals surface area (Å²) in [6, 6.07) is 11.9.